The van der Waals surface area contributed by atoms with Crippen LogP contribution in [0.1, 0.15) is 64.1 Å². The highest BCUT2D eigenvalue weighted by Gasteiger charge is 2.46. The van der Waals surface area contributed by atoms with E-state index in [1.807, 2.05) is 39.8 Å². The van der Waals surface area contributed by atoms with Crippen molar-refractivity contribution in [3.63, 3.8) is 0 Å². The molecule has 0 spiro atoms. The van der Waals surface area contributed by atoms with Gasteiger partial charge in [-0.05, 0) is 91.7 Å². The SMILES string of the molecule is C=P(C)(C)CCC1OC(n2cc(CNCC=C(C)C)c(=O)[nH]c2=O)[C@H](OC)[C@@H]1O.C=P(C)(C)CCC1OC(n2cc(CNCC=C(C)C)c(=O)[nH]c2=S)[C@H](O)[C@@H]1O. The standard InChI is InChI=1S/C20H34N3O5P.C19H32N3O4PS/c1-13(2)7-9-21-11-14-12-23(20(26)22-18(14)25)19-17(27-3)16(24)15(28-19)8-10-29(4,5)6;1-12(2)6-8-20-10-13-11-22(19(28)21-17(13)25)18-16(24)15(23)14(26-18)7-9-27(3,4)5/h7,12,15-17,19,21,24H,4,8-11H2,1-3,5-6H3,(H,22,25,26);6,11,14-16,18,20,23-24H,3,7-10H2,1-2,4-5H3,(H,21,25,28)/t15?,16-,17-,19?;14?,15-,16-,18?/m11/s1. The monoisotopic (exact) mass is 856 g/mol. The van der Waals surface area contributed by atoms with E-state index in [1.54, 1.807) is 6.20 Å². The number of nitrogens with zero attached hydrogens (tertiary/aromatic N) is 2. The Hall–Kier alpha value is -2.46. The highest BCUT2D eigenvalue weighted by Crippen LogP contribution is 2.41. The first kappa shape index (κ1) is 48.9. The van der Waals surface area contributed by atoms with Crippen molar-refractivity contribution in [2.45, 2.75) is 103 Å². The van der Waals surface area contributed by atoms with Gasteiger partial charge in [-0.15, -0.1) is 26.4 Å². The number of ether oxygens (including phenoxy) is 3. The number of aliphatic hydroxyl groups is 3. The van der Waals surface area contributed by atoms with Crippen LogP contribution in [0.25, 0.3) is 0 Å². The maximum atomic E-state index is 12.4. The summed E-state index contributed by atoms with van der Waals surface area (Å²) in [4.78, 5) is 41.8. The van der Waals surface area contributed by atoms with E-state index < -0.39 is 74.1 Å². The van der Waals surface area contributed by atoms with Gasteiger partial charge in [0.2, 0.25) is 0 Å². The zero-order valence-electron chi connectivity index (χ0n) is 35.0. The third-order valence-electron chi connectivity index (χ3n) is 9.53. The van der Waals surface area contributed by atoms with Gasteiger partial charge in [0.05, 0.1) is 12.2 Å². The minimum absolute atomic E-state index is 0.153. The lowest BCUT2D eigenvalue weighted by Crippen LogP contribution is -2.40. The Morgan fingerprint density at radius 2 is 1.25 bits per heavy atom. The molecule has 4 rings (SSSR count). The highest BCUT2D eigenvalue weighted by molar-refractivity contribution is 7.72. The summed E-state index contributed by atoms with van der Waals surface area (Å²) in [5, 5.41) is 37.9. The Kier molecular flexibility index (Phi) is 18.6. The molecule has 7 N–H and O–H groups in total. The molecule has 2 saturated heterocycles. The molecule has 2 aliphatic rings. The van der Waals surface area contributed by atoms with Crippen LogP contribution in [-0.4, -0.2) is 143 Å². The van der Waals surface area contributed by atoms with Crippen LogP contribution in [0.2, 0.25) is 0 Å². The lowest BCUT2D eigenvalue weighted by molar-refractivity contribution is -0.0542. The van der Waals surface area contributed by atoms with Crippen LogP contribution in [0.4, 0.5) is 0 Å². The van der Waals surface area contributed by atoms with Crippen molar-refractivity contribution >= 4 is 38.6 Å². The summed E-state index contributed by atoms with van der Waals surface area (Å²) in [6, 6.07) is 0. The van der Waals surface area contributed by atoms with Crippen molar-refractivity contribution in [2.24, 2.45) is 0 Å². The van der Waals surface area contributed by atoms with Crippen LogP contribution >= 0.6 is 26.0 Å². The average molecular weight is 857 g/mol. The highest BCUT2D eigenvalue weighted by atomic mass is 32.1. The first-order chi connectivity index (χ1) is 26.5. The molecule has 322 valence electrons. The van der Waals surface area contributed by atoms with E-state index >= 15 is 0 Å². The van der Waals surface area contributed by atoms with E-state index in [-0.39, 0.29) is 10.3 Å². The number of methoxy groups -OCH3 is 1. The number of aromatic nitrogens is 4. The summed E-state index contributed by atoms with van der Waals surface area (Å²) in [7, 11) is 1.48. The van der Waals surface area contributed by atoms with Gasteiger partial charge in [0.15, 0.2) is 17.2 Å². The predicted octanol–water partition coefficient (Wildman–Crippen LogP) is 2.65. The number of rotatable bonds is 17. The smallest absolute Gasteiger partial charge is 0.330 e. The summed E-state index contributed by atoms with van der Waals surface area (Å²) in [6.45, 7) is 15.9. The molecule has 0 saturated carbocycles. The number of aromatic amines is 2. The first-order valence-electron chi connectivity index (χ1n) is 19.1. The van der Waals surface area contributed by atoms with Crippen LogP contribution in [0.5, 0.6) is 0 Å². The molecule has 2 aromatic rings. The number of hydrogen-bond donors (Lipinski definition) is 7. The van der Waals surface area contributed by atoms with E-state index in [0.29, 0.717) is 50.1 Å². The molecule has 4 heterocycles. The average Bonchev–Trinajstić information content (AvgIpc) is 3.57. The summed E-state index contributed by atoms with van der Waals surface area (Å²) >= 11 is 5.26. The van der Waals surface area contributed by atoms with Gasteiger partial charge in [-0.2, -0.15) is 0 Å². The third kappa shape index (κ3) is 14.9. The second-order valence-corrected chi connectivity index (χ2v) is 25.7. The lowest BCUT2D eigenvalue weighted by atomic mass is 10.1. The van der Waals surface area contributed by atoms with Gasteiger partial charge in [0.25, 0.3) is 11.1 Å². The van der Waals surface area contributed by atoms with E-state index in [1.165, 1.54) is 33.6 Å². The molecule has 18 heteroatoms. The molecule has 2 aromatic heterocycles. The van der Waals surface area contributed by atoms with Gasteiger partial charge in [-0.3, -0.25) is 28.7 Å². The molecular formula is C39H66N6O9P2S. The molecular weight excluding hydrogens is 790 g/mol. The predicted molar refractivity (Wildman–Crippen MR) is 237 cm³/mol. The fraction of sp³-hybridized carbons (Fsp3) is 0.641. The van der Waals surface area contributed by atoms with E-state index in [9.17, 15) is 29.7 Å². The third-order valence-corrected chi connectivity index (χ3v) is 12.8. The Labute approximate surface area is 341 Å². The molecule has 0 bridgehead atoms. The van der Waals surface area contributed by atoms with Gasteiger partial charge < -0.3 is 40.2 Å². The van der Waals surface area contributed by atoms with Crippen LogP contribution in [0.15, 0.2) is 50.1 Å². The van der Waals surface area contributed by atoms with Gasteiger partial charge in [-0.25, -0.2) is 4.79 Å². The summed E-state index contributed by atoms with van der Waals surface area (Å²) < 4.78 is 20.4. The van der Waals surface area contributed by atoms with E-state index in [2.05, 4.69) is 59.9 Å². The maximum absolute atomic E-state index is 12.4. The van der Waals surface area contributed by atoms with Crippen molar-refractivity contribution in [3.8, 4) is 0 Å². The van der Waals surface area contributed by atoms with Crippen molar-refractivity contribution in [1.29, 1.82) is 0 Å². The van der Waals surface area contributed by atoms with Gasteiger partial charge >= 0.3 is 5.69 Å². The Bertz CT molecular complexity index is 2040. The van der Waals surface area contributed by atoms with E-state index in [4.69, 9.17) is 26.4 Å². The first-order valence-corrected chi connectivity index (χ1v) is 25.6. The van der Waals surface area contributed by atoms with Crippen LogP contribution < -0.4 is 27.4 Å². The molecule has 2 aliphatic heterocycles. The molecule has 0 aromatic carbocycles. The quantitative estimate of drug-likeness (QED) is 0.0532. The van der Waals surface area contributed by atoms with Crippen LogP contribution in [-0.2, 0) is 27.3 Å². The Morgan fingerprint density at radius 1 is 0.789 bits per heavy atom. The second-order valence-electron chi connectivity index (χ2n) is 16.7. The topological polar surface area (TPSA) is 205 Å². The molecule has 57 heavy (non-hydrogen) atoms. The van der Waals surface area contributed by atoms with Crippen LogP contribution in [0, 0.1) is 4.77 Å². The van der Waals surface area contributed by atoms with Crippen molar-refractivity contribution in [2.75, 3.05) is 59.2 Å². The normalized spacial score (nSPS) is 24.8. The maximum Gasteiger partial charge on any atom is 0.330 e. The largest absolute Gasteiger partial charge is 0.388 e. The number of allylic oxidation sites excluding steroid dienone is 2. The van der Waals surface area contributed by atoms with E-state index in [0.717, 1.165) is 12.3 Å². The van der Waals surface area contributed by atoms with Crippen LogP contribution in [0.3, 0.4) is 0 Å². The van der Waals surface area contributed by atoms with Gasteiger partial charge in [0.1, 0.15) is 24.4 Å². The molecule has 2 fully saturated rings. The summed E-state index contributed by atoms with van der Waals surface area (Å²) in [5.74, 6) is 0. The van der Waals surface area contributed by atoms with Gasteiger partial charge in [-0.1, -0.05) is 23.3 Å². The number of nitrogens with one attached hydrogen (secondary N) is 4. The van der Waals surface area contributed by atoms with Gasteiger partial charge in [0, 0.05) is 56.8 Å². The molecule has 0 radical (unpaired) electrons. The number of aliphatic hydroxyl groups excluding tert-OH is 3. The van der Waals surface area contributed by atoms with Crippen molar-refractivity contribution in [3.05, 3.63) is 82.8 Å². The zero-order chi connectivity index (χ0) is 42.8. The van der Waals surface area contributed by atoms with Crippen molar-refractivity contribution < 1.29 is 29.5 Å². The molecule has 0 amide bonds. The number of H-pyrrole nitrogens is 2. The molecule has 0 aliphatic carbocycles. The fourth-order valence-electron chi connectivity index (χ4n) is 6.24. The number of hydrogen-bond acceptors (Lipinski definition) is 12. The summed E-state index contributed by atoms with van der Waals surface area (Å²) in [5.41, 5.74) is 1.94. The Morgan fingerprint density at radius 3 is 1.72 bits per heavy atom. The minimum Gasteiger partial charge on any atom is -0.388 e. The zero-order valence-corrected chi connectivity index (χ0v) is 37.6. The Balaban J connectivity index is 0.000000306. The lowest BCUT2D eigenvalue weighted by Gasteiger charge is -2.21. The molecule has 15 nitrogen and oxygen atoms in total. The van der Waals surface area contributed by atoms with Crippen molar-refractivity contribution in [1.82, 2.24) is 29.7 Å². The second kappa shape index (κ2) is 21.7. The summed E-state index contributed by atoms with van der Waals surface area (Å²) in [6.07, 6.45) is 12.1. The molecule has 4 unspecified atom stereocenters. The molecule has 8 atom stereocenters. The minimum atomic E-state index is -1.27. The fourth-order valence-corrected chi connectivity index (χ4v) is 8.39.